The number of carbonyl (C=O) groups excluding carboxylic acids is 1. The second-order valence-corrected chi connectivity index (χ2v) is 5.52. The van der Waals surface area contributed by atoms with Crippen molar-refractivity contribution in [1.82, 2.24) is 5.16 Å². The smallest absolute Gasteiger partial charge is 0.263 e. The Hall–Kier alpha value is -1.53. The fraction of sp³-hybridized carbons (Fsp3) is 0.231. The number of aromatic nitrogens is 1. The van der Waals surface area contributed by atoms with Crippen LogP contribution in [0.15, 0.2) is 27.2 Å². The standard InChI is InChI=1S/C13H12BrClN2O3/c1-7-3-9(14)5-10(15)13(7)19-6-12(18)16-11-4-8(2)20-17-11/h3-5H,6H2,1-2H3,(H,16,17,18). The van der Waals surface area contributed by atoms with Gasteiger partial charge in [-0.3, -0.25) is 4.79 Å². The highest BCUT2D eigenvalue weighted by atomic mass is 79.9. The Labute approximate surface area is 129 Å². The molecule has 0 aliphatic carbocycles. The molecule has 0 unspecified atom stereocenters. The van der Waals surface area contributed by atoms with Gasteiger partial charge in [-0.05, 0) is 31.5 Å². The lowest BCUT2D eigenvalue weighted by Gasteiger charge is -2.10. The van der Waals surface area contributed by atoms with Crippen molar-refractivity contribution < 1.29 is 14.1 Å². The maximum atomic E-state index is 11.7. The lowest BCUT2D eigenvalue weighted by atomic mass is 10.2. The van der Waals surface area contributed by atoms with Crippen LogP contribution in [0.1, 0.15) is 11.3 Å². The molecule has 0 bridgehead atoms. The third kappa shape index (κ3) is 3.74. The van der Waals surface area contributed by atoms with Gasteiger partial charge in [-0.25, -0.2) is 0 Å². The van der Waals surface area contributed by atoms with Gasteiger partial charge in [0.2, 0.25) is 0 Å². The van der Waals surface area contributed by atoms with Gasteiger partial charge in [-0.2, -0.15) is 0 Å². The first-order valence-electron chi connectivity index (χ1n) is 5.77. The third-order valence-electron chi connectivity index (χ3n) is 2.44. The molecule has 0 spiro atoms. The Morgan fingerprint density at radius 3 is 2.80 bits per heavy atom. The number of amides is 1. The van der Waals surface area contributed by atoms with Crippen molar-refractivity contribution in [2.24, 2.45) is 0 Å². The summed E-state index contributed by atoms with van der Waals surface area (Å²) in [6.07, 6.45) is 0. The van der Waals surface area contributed by atoms with E-state index in [1.54, 1.807) is 19.1 Å². The SMILES string of the molecule is Cc1cc(NC(=O)COc2c(C)cc(Br)cc2Cl)no1. The Morgan fingerprint density at radius 2 is 2.20 bits per heavy atom. The van der Waals surface area contributed by atoms with E-state index in [-0.39, 0.29) is 12.5 Å². The van der Waals surface area contributed by atoms with Crippen molar-refractivity contribution in [1.29, 1.82) is 0 Å². The quantitative estimate of drug-likeness (QED) is 0.903. The highest BCUT2D eigenvalue weighted by Gasteiger charge is 2.11. The minimum Gasteiger partial charge on any atom is -0.482 e. The Kier molecular flexibility index (Phi) is 4.67. The lowest BCUT2D eigenvalue weighted by Crippen LogP contribution is -2.20. The molecule has 1 aromatic carbocycles. The van der Waals surface area contributed by atoms with Crippen LogP contribution in [0.25, 0.3) is 0 Å². The van der Waals surface area contributed by atoms with Crippen LogP contribution in [0.4, 0.5) is 5.82 Å². The minimum atomic E-state index is -0.336. The van der Waals surface area contributed by atoms with Crippen molar-refractivity contribution in [2.75, 3.05) is 11.9 Å². The molecule has 106 valence electrons. The zero-order chi connectivity index (χ0) is 14.7. The first-order chi connectivity index (χ1) is 9.45. The zero-order valence-electron chi connectivity index (χ0n) is 10.9. The number of hydrogen-bond donors (Lipinski definition) is 1. The van der Waals surface area contributed by atoms with E-state index in [0.29, 0.717) is 22.4 Å². The molecule has 5 nitrogen and oxygen atoms in total. The Bertz CT molecular complexity index is 619. The number of hydrogen-bond acceptors (Lipinski definition) is 4. The summed E-state index contributed by atoms with van der Waals surface area (Å²) in [7, 11) is 0. The van der Waals surface area contributed by atoms with Crippen molar-refractivity contribution in [3.63, 3.8) is 0 Å². The molecule has 1 amide bonds. The molecule has 0 aliphatic rings. The molecule has 0 saturated carbocycles. The summed E-state index contributed by atoms with van der Waals surface area (Å²) in [5.41, 5.74) is 0.842. The molecule has 2 aromatic rings. The first kappa shape index (κ1) is 14.9. The lowest BCUT2D eigenvalue weighted by molar-refractivity contribution is -0.118. The van der Waals surface area contributed by atoms with Gasteiger partial charge >= 0.3 is 0 Å². The van der Waals surface area contributed by atoms with E-state index < -0.39 is 0 Å². The number of benzene rings is 1. The Balaban J connectivity index is 1.97. The van der Waals surface area contributed by atoms with Gasteiger partial charge < -0.3 is 14.6 Å². The fourth-order valence-corrected chi connectivity index (χ4v) is 2.64. The van der Waals surface area contributed by atoms with Gasteiger partial charge in [0.05, 0.1) is 5.02 Å². The first-order valence-corrected chi connectivity index (χ1v) is 6.94. The molecule has 20 heavy (non-hydrogen) atoms. The van der Waals surface area contributed by atoms with Crippen molar-refractivity contribution in [2.45, 2.75) is 13.8 Å². The Morgan fingerprint density at radius 1 is 1.45 bits per heavy atom. The number of nitrogens with zero attached hydrogens (tertiary/aromatic N) is 1. The highest BCUT2D eigenvalue weighted by Crippen LogP contribution is 2.31. The number of anilines is 1. The average Bonchev–Trinajstić information content (AvgIpc) is 2.73. The van der Waals surface area contributed by atoms with Gasteiger partial charge in [0.25, 0.3) is 5.91 Å². The second kappa shape index (κ2) is 6.28. The molecular formula is C13H12BrClN2O3. The summed E-state index contributed by atoms with van der Waals surface area (Å²) in [6.45, 7) is 3.43. The van der Waals surface area contributed by atoms with E-state index in [2.05, 4.69) is 26.4 Å². The van der Waals surface area contributed by atoms with E-state index >= 15 is 0 Å². The van der Waals surface area contributed by atoms with E-state index in [1.807, 2.05) is 13.0 Å². The molecule has 2 rings (SSSR count). The summed E-state index contributed by atoms with van der Waals surface area (Å²) < 4.78 is 11.1. The van der Waals surface area contributed by atoms with Gasteiger partial charge in [-0.15, -0.1) is 0 Å². The molecule has 0 radical (unpaired) electrons. The molecule has 1 N–H and O–H groups in total. The van der Waals surface area contributed by atoms with Crippen LogP contribution in [-0.2, 0) is 4.79 Å². The second-order valence-electron chi connectivity index (χ2n) is 4.19. The van der Waals surface area contributed by atoms with Gasteiger partial charge in [0.15, 0.2) is 12.4 Å². The predicted molar refractivity (Wildman–Crippen MR) is 79.3 cm³/mol. The van der Waals surface area contributed by atoms with Crippen LogP contribution in [0.3, 0.4) is 0 Å². The van der Waals surface area contributed by atoms with E-state index in [0.717, 1.165) is 10.0 Å². The maximum absolute atomic E-state index is 11.7. The van der Waals surface area contributed by atoms with E-state index in [9.17, 15) is 4.79 Å². The van der Waals surface area contributed by atoms with Crippen LogP contribution in [0.5, 0.6) is 5.75 Å². The molecule has 1 heterocycles. The summed E-state index contributed by atoms with van der Waals surface area (Å²) >= 11 is 9.40. The molecule has 0 atom stereocenters. The highest BCUT2D eigenvalue weighted by molar-refractivity contribution is 9.10. The van der Waals surface area contributed by atoms with Crippen molar-refractivity contribution in [3.8, 4) is 5.75 Å². The molecular weight excluding hydrogens is 348 g/mol. The van der Waals surface area contributed by atoms with Gasteiger partial charge in [0, 0.05) is 10.5 Å². The van der Waals surface area contributed by atoms with Crippen LogP contribution in [-0.4, -0.2) is 17.7 Å². The molecule has 7 heteroatoms. The normalized spacial score (nSPS) is 10.4. The van der Waals surface area contributed by atoms with E-state index in [4.69, 9.17) is 20.9 Å². The monoisotopic (exact) mass is 358 g/mol. The average molecular weight is 360 g/mol. The van der Waals surface area contributed by atoms with Gasteiger partial charge in [0.1, 0.15) is 11.5 Å². The van der Waals surface area contributed by atoms with E-state index in [1.165, 1.54) is 0 Å². The largest absolute Gasteiger partial charge is 0.482 e. The fourth-order valence-electron chi connectivity index (χ4n) is 1.61. The number of halogens is 2. The van der Waals surface area contributed by atoms with Crippen LogP contribution in [0, 0.1) is 13.8 Å². The minimum absolute atomic E-state index is 0.159. The zero-order valence-corrected chi connectivity index (χ0v) is 13.2. The van der Waals surface area contributed by atoms with Crippen molar-refractivity contribution in [3.05, 3.63) is 39.0 Å². The van der Waals surface area contributed by atoms with Crippen LogP contribution >= 0.6 is 27.5 Å². The number of rotatable bonds is 4. The molecule has 0 aliphatic heterocycles. The summed E-state index contributed by atoms with van der Waals surface area (Å²) in [4.78, 5) is 11.7. The predicted octanol–water partition coefficient (Wildman–Crippen LogP) is 3.72. The number of nitrogens with one attached hydrogen (secondary N) is 1. The molecule has 0 saturated heterocycles. The molecule has 0 fully saturated rings. The molecule has 1 aromatic heterocycles. The van der Waals surface area contributed by atoms with Crippen LogP contribution in [0.2, 0.25) is 5.02 Å². The summed E-state index contributed by atoms with van der Waals surface area (Å²) in [5.74, 6) is 1.13. The third-order valence-corrected chi connectivity index (χ3v) is 3.18. The summed E-state index contributed by atoms with van der Waals surface area (Å²) in [6, 6.07) is 5.19. The number of ether oxygens (including phenoxy) is 1. The topological polar surface area (TPSA) is 64.4 Å². The number of carbonyl (C=O) groups is 1. The van der Waals surface area contributed by atoms with Crippen LogP contribution < -0.4 is 10.1 Å². The van der Waals surface area contributed by atoms with Gasteiger partial charge in [-0.1, -0.05) is 32.7 Å². The maximum Gasteiger partial charge on any atom is 0.263 e. The number of aryl methyl sites for hydroxylation is 2. The van der Waals surface area contributed by atoms with Crippen molar-refractivity contribution >= 4 is 39.3 Å². The summed E-state index contributed by atoms with van der Waals surface area (Å²) in [5, 5.41) is 6.67.